The molecule has 0 radical (unpaired) electrons. The van der Waals surface area contributed by atoms with Crippen LogP contribution in [0.3, 0.4) is 0 Å². The minimum absolute atomic E-state index is 0.114. The van der Waals surface area contributed by atoms with Gasteiger partial charge < -0.3 is 5.32 Å². The zero-order valence-electron chi connectivity index (χ0n) is 15.9. The molecular weight excluding hydrogens is 351 g/mol. The summed E-state index contributed by atoms with van der Waals surface area (Å²) in [7, 11) is 0. The lowest BCUT2D eigenvalue weighted by atomic mass is 9.99. The van der Waals surface area contributed by atoms with Crippen LogP contribution >= 0.6 is 0 Å². The van der Waals surface area contributed by atoms with Gasteiger partial charge in [-0.3, -0.25) is 9.69 Å². The van der Waals surface area contributed by atoms with Crippen LogP contribution in [0.15, 0.2) is 66.7 Å². The molecule has 1 N–H and O–H groups in total. The van der Waals surface area contributed by atoms with E-state index < -0.39 is 0 Å². The van der Waals surface area contributed by atoms with E-state index in [2.05, 4.69) is 10.2 Å². The van der Waals surface area contributed by atoms with Crippen molar-refractivity contribution in [3.8, 4) is 0 Å². The molecule has 0 unspecified atom stereocenters. The average molecular weight is 374 g/mol. The number of aryl methyl sites for hydroxylation is 1. The Labute approximate surface area is 164 Å². The summed E-state index contributed by atoms with van der Waals surface area (Å²) >= 11 is 0. The van der Waals surface area contributed by atoms with E-state index in [1.807, 2.05) is 61.5 Å². The number of carbonyl (C=O) groups is 1. The minimum Gasteiger partial charge on any atom is -0.322 e. The minimum atomic E-state index is -0.185. The molecule has 4 heteroatoms. The fourth-order valence-corrected chi connectivity index (χ4v) is 3.63. The first-order valence-electron chi connectivity index (χ1n) is 9.53. The summed E-state index contributed by atoms with van der Waals surface area (Å²) in [6.07, 6.45) is 0.920. The number of hydrogen-bond donors (Lipinski definition) is 1. The monoisotopic (exact) mass is 374 g/mol. The molecule has 1 aliphatic heterocycles. The van der Waals surface area contributed by atoms with Crippen LogP contribution in [0.1, 0.15) is 32.6 Å². The maximum atomic E-state index is 13.5. The van der Waals surface area contributed by atoms with Crippen LogP contribution in [-0.4, -0.2) is 17.4 Å². The first-order valence-corrected chi connectivity index (χ1v) is 9.53. The lowest BCUT2D eigenvalue weighted by Gasteiger charge is -2.28. The summed E-state index contributed by atoms with van der Waals surface area (Å²) in [4.78, 5) is 14.9. The standard InChI is InChI=1S/C24H23FN2O/c1-17-5-9-23(10-6-17)26-24(28)20-4-2-3-18(13-20)15-27-12-11-19-7-8-22(25)14-21(19)16-27/h2-10,13-14H,11-12,15-16H2,1H3,(H,26,28). The van der Waals surface area contributed by atoms with Gasteiger partial charge in [0.05, 0.1) is 0 Å². The van der Waals surface area contributed by atoms with E-state index in [0.29, 0.717) is 5.56 Å². The van der Waals surface area contributed by atoms with Crippen LogP contribution in [0.5, 0.6) is 0 Å². The Bertz CT molecular complexity index is 998. The van der Waals surface area contributed by atoms with Crippen LogP contribution < -0.4 is 5.32 Å². The van der Waals surface area contributed by atoms with E-state index in [1.54, 1.807) is 6.07 Å². The third-order valence-corrected chi connectivity index (χ3v) is 5.16. The number of nitrogens with zero attached hydrogens (tertiary/aromatic N) is 1. The summed E-state index contributed by atoms with van der Waals surface area (Å²) in [5.41, 5.74) is 5.94. The molecule has 0 aliphatic carbocycles. The fourth-order valence-electron chi connectivity index (χ4n) is 3.63. The van der Waals surface area contributed by atoms with Crippen LogP contribution in [0.4, 0.5) is 10.1 Å². The number of nitrogens with one attached hydrogen (secondary N) is 1. The summed E-state index contributed by atoms with van der Waals surface area (Å²) in [6, 6.07) is 20.5. The number of anilines is 1. The van der Waals surface area contributed by atoms with E-state index in [1.165, 1.54) is 11.6 Å². The molecule has 0 bridgehead atoms. The topological polar surface area (TPSA) is 32.3 Å². The Kier molecular flexibility index (Phi) is 5.22. The molecule has 142 valence electrons. The second kappa shape index (κ2) is 7.95. The van der Waals surface area contributed by atoms with E-state index in [9.17, 15) is 9.18 Å². The molecule has 3 aromatic rings. The lowest BCUT2D eigenvalue weighted by Crippen LogP contribution is -2.30. The number of fused-ring (bicyclic) bond motifs is 1. The number of rotatable bonds is 4. The van der Waals surface area contributed by atoms with E-state index >= 15 is 0 Å². The van der Waals surface area contributed by atoms with Gasteiger partial charge in [0.1, 0.15) is 5.82 Å². The fraction of sp³-hybridized carbons (Fsp3) is 0.208. The summed E-state index contributed by atoms with van der Waals surface area (Å²) in [5.74, 6) is -0.299. The van der Waals surface area contributed by atoms with Gasteiger partial charge in [-0.2, -0.15) is 0 Å². The highest BCUT2D eigenvalue weighted by molar-refractivity contribution is 6.04. The number of carbonyl (C=O) groups excluding carboxylic acids is 1. The van der Waals surface area contributed by atoms with Crippen molar-refractivity contribution in [3.63, 3.8) is 0 Å². The highest BCUT2D eigenvalue weighted by Crippen LogP contribution is 2.22. The first kappa shape index (κ1) is 18.4. The number of benzene rings is 3. The molecule has 0 saturated heterocycles. The van der Waals surface area contributed by atoms with Crippen LogP contribution in [0, 0.1) is 12.7 Å². The van der Waals surface area contributed by atoms with Gasteiger partial charge in [-0.1, -0.05) is 35.9 Å². The van der Waals surface area contributed by atoms with Gasteiger partial charge in [-0.15, -0.1) is 0 Å². The van der Waals surface area contributed by atoms with Gasteiger partial charge in [0.2, 0.25) is 0 Å². The predicted molar refractivity (Wildman–Crippen MR) is 110 cm³/mol. The van der Waals surface area contributed by atoms with Crippen molar-refractivity contribution in [1.29, 1.82) is 0 Å². The molecule has 28 heavy (non-hydrogen) atoms. The highest BCUT2D eigenvalue weighted by atomic mass is 19.1. The zero-order valence-corrected chi connectivity index (χ0v) is 15.9. The first-order chi connectivity index (χ1) is 13.6. The third-order valence-electron chi connectivity index (χ3n) is 5.16. The van der Waals surface area contributed by atoms with Crippen LogP contribution in [0.25, 0.3) is 0 Å². The number of halogens is 1. The van der Waals surface area contributed by atoms with Crippen molar-refractivity contribution >= 4 is 11.6 Å². The SMILES string of the molecule is Cc1ccc(NC(=O)c2cccc(CN3CCc4ccc(F)cc4C3)c2)cc1. The van der Waals surface area contributed by atoms with Crippen molar-refractivity contribution in [2.24, 2.45) is 0 Å². The van der Waals surface area contributed by atoms with E-state index in [-0.39, 0.29) is 11.7 Å². The predicted octanol–water partition coefficient (Wildman–Crippen LogP) is 4.94. The molecule has 1 heterocycles. The molecule has 0 fully saturated rings. The van der Waals surface area contributed by atoms with E-state index in [0.717, 1.165) is 48.4 Å². The van der Waals surface area contributed by atoms with Gasteiger partial charge in [0.15, 0.2) is 0 Å². The smallest absolute Gasteiger partial charge is 0.255 e. The molecule has 0 atom stereocenters. The summed E-state index contributed by atoms with van der Waals surface area (Å²) in [5, 5.41) is 2.94. The largest absolute Gasteiger partial charge is 0.322 e. The number of amides is 1. The summed E-state index contributed by atoms with van der Waals surface area (Å²) in [6.45, 7) is 4.41. The Hall–Kier alpha value is -2.98. The Morgan fingerprint density at radius 3 is 2.68 bits per heavy atom. The van der Waals surface area contributed by atoms with Crippen molar-refractivity contribution in [2.75, 3.05) is 11.9 Å². The zero-order chi connectivity index (χ0) is 19.5. The second-order valence-electron chi connectivity index (χ2n) is 7.39. The average Bonchev–Trinajstić information content (AvgIpc) is 2.69. The normalized spacial score (nSPS) is 13.8. The molecule has 0 aromatic heterocycles. The molecule has 0 saturated carbocycles. The van der Waals surface area contributed by atoms with Crippen LogP contribution in [0.2, 0.25) is 0 Å². The Balaban J connectivity index is 1.44. The third kappa shape index (κ3) is 4.29. The van der Waals surface area contributed by atoms with Crippen molar-refractivity contribution in [3.05, 3.63) is 100 Å². The molecule has 4 rings (SSSR count). The maximum Gasteiger partial charge on any atom is 0.255 e. The van der Waals surface area contributed by atoms with Crippen molar-refractivity contribution in [2.45, 2.75) is 26.4 Å². The van der Waals surface area contributed by atoms with Gasteiger partial charge in [0.25, 0.3) is 5.91 Å². The number of hydrogen-bond acceptors (Lipinski definition) is 2. The molecule has 1 amide bonds. The quantitative estimate of drug-likeness (QED) is 0.701. The van der Waals surface area contributed by atoms with Gasteiger partial charge >= 0.3 is 0 Å². The summed E-state index contributed by atoms with van der Waals surface area (Å²) < 4.78 is 13.5. The van der Waals surface area contributed by atoms with E-state index in [4.69, 9.17) is 0 Å². The lowest BCUT2D eigenvalue weighted by molar-refractivity contribution is 0.102. The molecule has 3 nitrogen and oxygen atoms in total. The second-order valence-corrected chi connectivity index (χ2v) is 7.39. The Morgan fingerprint density at radius 1 is 1.04 bits per heavy atom. The highest BCUT2D eigenvalue weighted by Gasteiger charge is 2.17. The Morgan fingerprint density at radius 2 is 1.86 bits per heavy atom. The van der Waals surface area contributed by atoms with Gasteiger partial charge in [-0.25, -0.2) is 4.39 Å². The van der Waals surface area contributed by atoms with Crippen molar-refractivity contribution < 1.29 is 9.18 Å². The molecule has 1 aliphatic rings. The van der Waals surface area contributed by atoms with Crippen LogP contribution in [-0.2, 0) is 19.5 Å². The molecular formula is C24H23FN2O. The molecule has 0 spiro atoms. The maximum absolute atomic E-state index is 13.5. The van der Waals surface area contributed by atoms with Gasteiger partial charge in [-0.05, 0) is 66.4 Å². The van der Waals surface area contributed by atoms with Gasteiger partial charge in [0, 0.05) is 30.9 Å². The molecule has 3 aromatic carbocycles. The van der Waals surface area contributed by atoms with Crippen molar-refractivity contribution in [1.82, 2.24) is 4.90 Å².